The van der Waals surface area contributed by atoms with E-state index in [9.17, 15) is 4.39 Å². The lowest BCUT2D eigenvalue weighted by Gasteiger charge is -2.21. The van der Waals surface area contributed by atoms with Crippen molar-refractivity contribution in [2.75, 3.05) is 0 Å². The fourth-order valence-corrected chi connectivity index (χ4v) is 1.86. The van der Waals surface area contributed by atoms with Gasteiger partial charge < -0.3 is 10.3 Å². The second-order valence-corrected chi connectivity index (χ2v) is 4.82. The molecule has 0 saturated carbocycles. The monoisotopic (exact) mass is 283 g/mol. The smallest absolute Gasteiger partial charge is 0.258 e. The van der Waals surface area contributed by atoms with Gasteiger partial charge in [-0.1, -0.05) is 30.6 Å². The van der Waals surface area contributed by atoms with Crippen LogP contribution >= 0.6 is 11.6 Å². The molecule has 6 heteroatoms. The van der Waals surface area contributed by atoms with Crippen LogP contribution < -0.4 is 5.73 Å². The molecular weight excluding hydrogens is 269 g/mol. The maximum Gasteiger partial charge on any atom is 0.258 e. The molecule has 1 aromatic heterocycles. The van der Waals surface area contributed by atoms with E-state index in [-0.39, 0.29) is 10.9 Å². The van der Waals surface area contributed by atoms with E-state index in [4.69, 9.17) is 21.9 Å². The molecule has 2 aromatic rings. The minimum atomic E-state index is -0.618. The minimum absolute atomic E-state index is 0.0544. The van der Waals surface area contributed by atoms with Crippen molar-refractivity contribution >= 4 is 11.6 Å². The van der Waals surface area contributed by atoms with Gasteiger partial charge in [0.05, 0.1) is 10.6 Å². The molecule has 2 rings (SSSR count). The summed E-state index contributed by atoms with van der Waals surface area (Å²) in [6, 6.07) is 4.33. The second-order valence-electron chi connectivity index (χ2n) is 4.42. The molecule has 0 aliphatic carbocycles. The van der Waals surface area contributed by atoms with Gasteiger partial charge >= 0.3 is 0 Å². The number of benzene rings is 1. The van der Waals surface area contributed by atoms with E-state index >= 15 is 0 Å². The van der Waals surface area contributed by atoms with Crippen LogP contribution in [0.4, 0.5) is 4.39 Å². The highest BCUT2D eigenvalue weighted by molar-refractivity contribution is 6.30. The van der Waals surface area contributed by atoms with Gasteiger partial charge in [0.15, 0.2) is 5.82 Å². The third-order valence-corrected chi connectivity index (χ3v) is 3.61. The molecular formula is C13H15ClFN3O. The maximum absolute atomic E-state index is 13.4. The van der Waals surface area contributed by atoms with Gasteiger partial charge in [-0.05, 0) is 31.0 Å². The van der Waals surface area contributed by atoms with Gasteiger partial charge in [0, 0.05) is 5.56 Å². The molecule has 0 bridgehead atoms. The van der Waals surface area contributed by atoms with E-state index in [0.29, 0.717) is 24.2 Å². The molecule has 0 amide bonds. The first-order chi connectivity index (χ1) is 9.00. The van der Waals surface area contributed by atoms with Crippen molar-refractivity contribution in [3.05, 3.63) is 34.9 Å². The van der Waals surface area contributed by atoms with Gasteiger partial charge in [-0.2, -0.15) is 4.98 Å². The van der Waals surface area contributed by atoms with Gasteiger partial charge in [-0.15, -0.1) is 0 Å². The zero-order valence-corrected chi connectivity index (χ0v) is 11.5. The number of rotatable bonds is 4. The summed E-state index contributed by atoms with van der Waals surface area (Å²) in [5, 5.41) is 3.95. The first-order valence-corrected chi connectivity index (χ1v) is 6.46. The van der Waals surface area contributed by atoms with Crippen molar-refractivity contribution in [3.8, 4) is 11.5 Å². The van der Waals surface area contributed by atoms with E-state index in [2.05, 4.69) is 10.1 Å². The Balaban J connectivity index is 2.38. The molecule has 19 heavy (non-hydrogen) atoms. The Morgan fingerprint density at radius 3 is 2.63 bits per heavy atom. The van der Waals surface area contributed by atoms with Crippen LogP contribution in [-0.2, 0) is 5.54 Å². The molecule has 0 unspecified atom stereocenters. The number of aromatic nitrogens is 2. The topological polar surface area (TPSA) is 64.9 Å². The fraction of sp³-hybridized carbons (Fsp3) is 0.385. The number of hydrogen-bond acceptors (Lipinski definition) is 4. The predicted octanol–water partition coefficient (Wildman–Crippen LogP) is 3.50. The van der Waals surface area contributed by atoms with Crippen LogP contribution in [0.1, 0.15) is 32.5 Å². The van der Waals surface area contributed by atoms with Crippen molar-refractivity contribution in [1.82, 2.24) is 10.1 Å². The van der Waals surface area contributed by atoms with Crippen LogP contribution in [-0.4, -0.2) is 10.1 Å². The second kappa shape index (κ2) is 5.27. The van der Waals surface area contributed by atoms with E-state index in [1.54, 1.807) is 6.07 Å². The first kappa shape index (κ1) is 14.0. The highest BCUT2D eigenvalue weighted by atomic mass is 35.5. The molecule has 0 atom stereocenters. The van der Waals surface area contributed by atoms with Crippen molar-refractivity contribution < 1.29 is 8.91 Å². The van der Waals surface area contributed by atoms with Crippen molar-refractivity contribution in [2.45, 2.75) is 32.2 Å². The summed E-state index contributed by atoms with van der Waals surface area (Å²) in [4.78, 5) is 4.25. The van der Waals surface area contributed by atoms with E-state index < -0.39 is 11.4 Å². The molecule has 2 N–H and O–H groups in total. The Bertz CT molecular complexity index is 581. The van der Waals surface area contributed by atoms with Crippen molar-refractivity contribution in [1.29, 1.82) is 0 Å². The van der Waals surface area contributed by atoms with Crippen LogP contribution in [0.25, 0.3) is 11.5 Å². The van der Waals surface area contributed by atoms with Crippen LogP contribution in [0, 0.1) is 5.82 Å². The molecule has 1 aromatic carbocycles. The fourth-order valence-electron chi connectivity index (χ4n) is 1.74. The van der Waals surface area contributed by atoms with Gasteiger partial charge in [-0.25, -0.2) is 4.39 Å². The summed E-state index contributed by atoms with van der Waals surface area (Å²) < 4.78 is 18.5. The zero-order chi connectivity index (χ0) is 14.0. The Labute approximate surface area is 115 Å². The number of nitrogens with two attached hydrogens (primary N) is 1. The summed E-state index contributed by atoms with van der Waals surface area (Å²) in [5.74, 6) is 0.147. The summed E-state index contributed by atoms with van der Waals surface area (Å²) >= 11 is 5.63. The normalized spacial score (nSPS) is 11.8. The lowest BCUT2D eigenvalue weighted by atomic mass is 9.93. The molecule has 102 valence electrons. The largest absolute Gasteiger partial charge is 0.334 e. The number of hydrogen-bond donors (Lipinski definition) is 1. The lowest BCUT2D eigenvalue weighted by Crippen LogP contribution is -2.36. The molecule has 0 fully saturated rings. The Morgan fingerprint density at radius 1 is 1.37 bits per heavy atom. The number of nitrogens with zero attached hydrogens (tertiary/aromatic N) is 2. The van der Waals surface area contributed by atoms with Gasteiger partial charge in [-0.3, -0.25) is 0 Å². The van der Waals surface area contributed by atoms with E-state index in [1.807, 2.05) is 13.8 Å². The Morgan fingerprint density at radius 2 is 2.05 bits per heavy atom. The lowest BCUT2D eigenvalue weighted by molar-refractivity contribution is 0.350. The standard InChI is InChI=1S/C13H15ClFN3O/c1-3-13(16,4-2)12-17-11(19-18-12)8-5-6-9(14)10(15)7-8/h5-7H,3-4,16H2,1-2H3. The van der Waals surface area contributed by atoms with Gasteiger partial charge in [0.25, 0.3) is 5.89 Å². The average Bonchev–Trinajstić information content (AvgIpc) is 2.91. The number of halogens is 2. The third kappa shape index (κ3) is 2.62. The van der Waals surface area contributed by atoms with Crippen molar-refractivity contribution in [2.24, 2.45) is 5.73 Å². The SMILES string of the molecule is CCC(N)(CC)c1noc(-c2ccc(Cl)c(F)c2)n1. The average molecular weight is 284 g/mol. The summed E-state index contributed by atoms with van der Waals surface area (Å²) in [6.45, 7) is 3.92. The highest BCUT2D eigenvalue weighted by Crippen LogP contribution is 2.27. The van der Waals surface area contributed by atoms with Crippen LogP contribution in [0.2, 0.25) is 5.02 Å². The molecule has 0 radical (unpaired) electrons. The Kier molecular flexibility index (Phi) is 3.87. The molecule has 0 spiro atoms. The molecule has 4 nitrogen and oxygen atoms in total. The highest BCUT2D eigenvalue weighted by Gasteiger charge is 2.29. The molecule has 0 aliphatic heterocycles. The zero-order valence-electron chi connectivity index (χ0n) is 10.8. The predicted molar refractivity (Wildman–Crippen MR) is 71.1 cm³/mol. The molecule has 0 saturated heterocycles. The quantitative estimate of drug-likeness (QED) is 0.932. The molecule has 0 aliphatic rings. The van der Waals surface area contributed by atoms with E-state index in [1.165, 1.54) is 12.1 Å². The van der Waals surface area contributed by atoms with Crippen LogP contribution in [0.5, 0.6) is 0 Å². The molecule has 1 heterocycles. The van der Waals surface area contributed by atoms with E-state index in [0.717, 1.165) is 0 Å². The van der Waals surface area contributed by atoms with Gasteiger partial charge in [0.1, 0.15) is 5.82 Å². The van der Waals surface area contributed by atoms with Gasteiger partial charge in [0.2, 0.25) is 0 Å². The first-order valence-electron chi connectivity index (χ1n) is 6.08. The summed E-state index contributed by atoms with van der Waals surface area (Å²) in [7, 11) is 0. The minimum Gasteiger partial charge on any atom is -0.334 e. The maximum atomic E-state index is 13.4. The van der Waals surface area contributed by atoms with Crippen LogP contribution in [0.3, 0.4) is 0 Å². The van der Waals surface area contributed by atoms with Crippen LogP contribution in [0.15, 0.2) is 22.7 Å². The Hall–Kier alpha value is -1.46. The third-order valence-electron chi connectivity index (χ3n) is 3.30. The summed E-state index contributed by atoms with van der Waals surface area (Å²) in [6.07, 6.45) is 1.38. The van der Waals surface area contributed by atoms with Crippen molar-refractivity contribution in [3.63, 3.8) is 0 Å². The summed E-state index contributed by atoms with van der Waals surface area (Å²) in [5.41, 5.74) is 6.05.